The standard InChI is InChI=1S/C23H20F2O2/c24-23(25)21(19-8-2-1-3-9-19)11-6-12-22(26)27-16-17-13-14-18-7-4-5-10-20(18)15-17/h1-5,7-10,13-15H,6,11-12,16H2. The number of carbonyl (C=O) groups is 1. The topological polar surface area (TPSA) is 26.3 Å². The van der Waals surface area contributed by atoms with Crippen molar-refractivity contribution >= 4 is 22.3 Å². The lowest BCUT2D eigenvalue weighted by Gasteiger charge is -2.08. The second kappa shape index (κ2) is 9.08. The summed E-state index contributed by atoms with van der Waals surface area (Å²) in [6, 6.07) is 22.4. The van der Waals surface area contributed by atoms with E-state index in [0.29, 0.717) is 12.0 Å². The molecule has 0 aliphatic rings. The van der Waals surface area contributed by atoms with Gasteiger partial charge in [0, 0.05) is 12.0 Å². The van der Waals surface area contributed by atoms with E-state index in [1.54, 1.807) is 30.3 Å². The van der Waals surface area contributed by atoms with E-state index >= 15 is 0 Å². The number of benzene rings is 3. The fourth-order valence-corrected chi connectivity index (χ4v) is 2.96. The minimum absolute atomic E-state index is 0.0158. The van der Waals surface area contributed by atoms with Crippen molar-refractivity contribution in [2.24, 2.45) is 0 Å². The summed E-state index contributed by atoms with van der Waals surface area (Å²) in [5.41, 5.74) is 1.38. The number of halogens is 2. The second-order valence-corrected chi connectivity index (χ2v) is 6.30. The Morgan fingerprint density at radius 2 is 1.52 bits per heavy atom. The largest absolute Gasteiger partial charge is 0.461 e. The SMILES string of the molecule is O=C(CCCC(=C(F)F)c1ccccc1)OCc1ccc2ccccc2c1. The van der Waals surface area contributed by atoms with E-state index in [9.17, 15) is 13.6 Å². The van der Waals surface area contributed by atoms with Gasteiger partial charge >= 0.3 is 5.97 Å². The maximum atomic E-state index is 13.2. The van der Waals surface area contributed by atoms with E-state index in [1.807, 2.05) is 42.5 Å². The highest BCUT2D eigenvalue weighted by Gasteiger charge is 2.11. The van der Waals surface area contributed by atoms with Crippen molar-refractivity contribution in [3.63, 3.8) is 0 Å². The quantitative estimate of drug-likeness (QED) is 0.455. The molecule has 0 amide bonds. The van der Waals surface area contributed by atoms with Gasteiger partial charge in [-0.1, -0.05) is 66.7 Å². The van der Waals surface area contributed by atoms with Gasteiger partial charge in [-0.3, -0.25) is 4.79 Å². The summed E-state index contributed by atoms with van der Waals surface area (Å²) in [5, 5.41) is 2.21. The Kier molecular flexibility index (Phi) is 6.31. The van der Waals surface area contributed by atoms with Crippen LogP contribution in [0.3, 0.4) is 0 Å². The average Bonchev–Trinajstić information content (AvgIpc) is 2.70. The van der Waals surface area contributed by atoms with Crippen molar-refractivity contribution in [3.8, 4) is 0 Å². The predicted molar refractivity (Wildman–Crippen MR) is 103 cm³/mol. The van der Waals surface area contributed by atoms with Crippen LogP contribution in [0, 0.1) is 0 Å². The van der Waals surface area contributed by atoms with Crippen molar-refractivity contribution in [1.82, 2.24) is 0 Å². The Morgan fingerprint density at radius 1 is 0.815 bits per heavy atom. The number of rotatable bonds is 7. The summed E-state index contributed by atoms with van der Waals surface area (Å²) in [6.07, 6.45) is -1.14. The molecule has 0 aromatic heterocycles. The number of hydrogen-bond donors (Lipinski definition) is 0. The Labute approximate surface area is 157 Å². The van der Waals surface area contributed by atoms with Crippen molar-refractivity contribution in [2.45, 2.75) is 25.9 Å². The van der Waals surface area contributed by atoms with Gasteiger partial charge in [0.25, 0.3) is 6.08 Å². The first kappa shape index (κ1) is 18.8. The zero-order valence-corrected chi connectivity index (χ0v) is 14.8. The van der Waals surface area contributed by atoms with E-state index in [1.165, 1.54) is 0 Å². The second-order valence-electron chi connectivity index (χ2n) is 6.30. The summed E-state index contributed by atoms with van der Waals surface area (Å²) in [6.45, 7) is 0.183. The number of esters is 1. The van der Waals surface area contributed by atoms with E-state index in [0.717, 1.165) is 16.3 Å². The number of carbonyl (C=O) groups excluding carboxylic acids is 1. The molecule has 0 saturated heterocycles. The zero-order chi connectivity index (χ0) is 19.1. The maximum absolute atomic E-state index is 13.2. The molecule has 0 fully saturated rings. The molecule has 0 unspecified atom stereocenters. The molecular formula is C23H20F2O2. The van der Waals surface area contributed by atoms with Gasteiger partial charge in [-0.05, 0) is 40.8 Å². The minimum Gasteiger partial charge on any atom is -0.461 e. The van der Waals surface area contributed by atoms with Crippen LogP contribution in [0.4, 0.5) is 8.78 Å². The van der Waals surface area contributed by atoms with Crippen molar-refractivity contribution < 1.29 is 18.3 Å². The van der Waals surface area contributed by atoms with Crippen molar-refractivity contribution in [1.29, 1.82) is 0 Å². The first-order chi connectivity index (χ1) is 13.1. The molecule has 0 radical (unpaired) electrons. The third kappa shape index (κ3) is 5.23. The molecular weight excluding hydrogens is 346 g/mol. The molecule has 4 heteroatoms. The number of hydrogen-bond acceptors (Lipinski definition) is 2. The van der Waals surface area contributed by atoms with Crippen LogP contribution in [0.2, 0.25) is 0 Å². The molecule has 0 atom stereocenters. The van der Waals surface area contributed by atoms with E-state index < -0.39 is 6.08 Å². The molecule has 0 aliphatic carbocycles. The predicted octanol–water partition coefficient (Wildman–Crippen LogP) is 6.36. The fourth-order valence-electron chi connectivity index (χ4n) is 2.96. The van der Waals surface area contributed by atoms with E-state index in [4.69, 9.17) is 4.74 Å². The Hall–Kier alpha value is -3.01. The fraction of sp³-hybridized carbons (Fsp3) is 0.174. The molecule has 0 saturated carbocycles. The minimum atomic E-state index is -1.70. The molecule has 0 aliphatic heterocycles. The normalized spacial score (nSPS) is 10.6. The van der Waals surface area contributed by atoms with Gasteiger partial charge in [-0.2, -0.15) is 8.78 Å². The summed E-state index contributed by atoms with van der Waals surface area (Å²) in [4.78, 5) is 11.9. The molecule has 27 heavy (non-hydrogen) atoms. The smallest absolute Gasteiger partial charge is 0.306 e. The molecule has 2 nitrogen and oxygen atoms in total. The van der Waals surface area contributed by atoms with Crippen molar-refractivity contribution in [2.75, 3.05) is 0 Å². The molecule has 0 heterocycles. The van der Waals surface area contributed by atoms with Gasteiger partial charge in [-0.25, -0.2) is 0 Å². The van der Waals surface area contributed by atoms with Crippen LogP contribution in [0.1, 0.15) is 30.4 Å². The first-order valence-corrected chi connectivity index (χ1v) is 8.86. The van der Waals surface area contributed by atoms with Crippen LogP contribution in [0.15, 0.2) is 78.9 Å². The molecule has 3 aromatic carbocycles. The average molecular weight is 366 g/mol. The zero-order valence-electron chi connectivity index (χ0n) is 14.8. The number of allylic oxidation sites excluding steroid dienone is 1. The lowest BCUT2D eigenvalue weighted by Crippen LogP contribution is -2.04. The van der Waals surface area contributed by atoms with Crippen molar-refractivity contribution in [3.05, 3.63) is 90.0 Å². The lowest BCUT2D eigenvalue weighted by atomic mass is 10.0. The Bertz CT molecular complexity index is 945. The summed E-state index contributed by atoms with van der Waals surface area (Å²) >= 11 is 0. The van der Waals surface area contributed by atoms with Crippen LogP contribution >= 0.6 is 0 Å². The van der Waals surface area contributed by atoms with E-state index in [2.05, 4.69) is 0 Å². The Balaban J connectivity index is 1.49. The Morgan fingerprint density at radius 3 is 2.26 bits per heavy atom. The first-order valence-electron chi connectivity index (χ1n) is 8.86. The molecule has 3 rings (SSSR count). The molecule has 0 bridgehead atoms. The van der Waals surface area contributed by atoms with Gasteiger partial charge < -0.3 is 4.74 Å². The summed E-state index contributed by atoms with van der Waals surface area (Å²) < 4.78 is 31.6. The highest BCUT2D eigenvalue weighted by atomic mass is 19.3. The van der Waals surface area contributed by atoms with Crippen LogP contribution in [0.5, 0.6) is 0 Å². The summed E-state index contributed by atoms with van der Waals surface area (Å²) in [5.74, 6) is -0.380. The van der Waals surface area contributed by atoms with Crippen LogP contribution in [0.25, 0.3) is 16.3 Å². The van der Waals surface area contributed by atoms with Crippen LogP contribution in [-0.4, -0.2) is 5.97 Å². The molecule has 3 aromatic rings. The van der Waals surface area contributed by atoms with Gasteiger partial charge in [-0.15, -0.1) is 0 Å². The van der Waals surface area contributed by atoms with Crippen LogP contribution in [-0.2, 0) is 16.1 Å². The highest BCUT2D eigenvalue weighted by Crippen LogP contribution is 2.26. The molecule has 0 N–H and O–H groups in total. The van der Waals surface area contributed by atoms with Gasteiger partial charge in [0.1, 0.15) is 6.61 Å². The molecule has 138 valence electrons. The highest BCUT2D eigenvalue weighted by molar-refractivity contribution is 5.83. The third-order valence-electron chi connectivity index (χ3n) is 4.37. The number of fused-ring (bicyclic) bond motifs is 1. The van der Waals surface area contributed by atoms with E-state index in [-0.39, 0.29) is 31.0 Å². The maximum Gasteiger partial charge on any atom is 0.306 e. The summed E-state index contributed by atoms with van der Waals surface area (Å²) in [7, 11) is 0. The molecule has 0 spiro atoms. The lowest BCUT2D eigenvalue weighted by molar-refractivity contribution is -0.145. The van der Waals surface area contributed by atoms with Gasteiger partial charge in [0.05, 0.1) is 0 Å². The van der Waals surface area contributed by atoms with Crippen LogP contribution < -0.4 is 0 Å². The monoisotopic (exact) mass is 366 g/mol. The van der Waals surface area contributed by atoms with Gasteiger partial charge in [0.15, 0.2) is 0 Å². The number of ether oxygens (including phenoxy) is 1. The van der Waals surface area contributed by atoms with Gasteiger partial charge in [0.2, 0.25) is 0 Å². The third-order valence-corrected chi connectivity index (χ3v) is 4.37.